The molecule has 0 rings (SSSR count). The van der Waals surface area contributed by atoms with E-state index in [-0.39, 0.29) is 6.10 Å². The Kier molecular flexibility index (Phi) is 41.9. The van der Waals surface area contributed by atoms with E-state index in [0.29, 0.717) is 0 Å². The van der Waals surface area contributed by atoms with Crippen molar-refractivity contribution in [1.82, 2.24) is 0 Å². The van der Waals surface area contributed by atoms with Crippen molar-refractivity contribution < 1.29 is 5.11 Å². The van der Waals surface area contributed by atoms with E-state index in [1.807, 2.05) is 0 Å². The first-order chi connectivity index (χ1) is 22.3. The van der Waals surface area contributed by atoms with Crippen LogP contribution in [0.2, 0.25) is 0 Å². The van der Waals surface area contributed by atoms with Crippen LogP contribution in [0.3, 0.4) is 0 Å². The van der Waals surface area contributed by atoms with Crippen LogP contribution < -0.4 is 0 Å². The number of aliphatic hydroxyl groups is 1. The van der Waals surface area contributed by atoms with Crippen LogP contribution in [-0.2, 0) is 0 Å². The summed E-state index contributed by atoms with van der Waals surface area (Å²) in [6.07, 6.45) is 57.9. The smallest absolute Gasteiger partial charge is 0.0540 e. The summed E-state index contributed by atoms with van der Waals surface area (Å²) >= 11 is 0. The molecule has 1 unspecified atom stereocenters. The molecular formula is C44H90O. The molecule has 0 fully saturated rings. The van der Waals surface area contributed by atoms with Gasteiger partial charge in [-0.2, -0.15) is 0 Å². The standard InChI is InChI=1S/C44H90O/c1-3-5-7-9-11-13-15-17-19-21-22-23-24-25-26-27-29-31-33-35-37-39-41-43-44(45)42-40-38-36-34-32-30-28-20-18-16-14-12-10-8-6-4-2/h44-45H,3-43H2,1-2H3. The summed E-state index contributed by atoms with van der Waals surface area (Å²) in [6, 6.07) is 0. The molecule has 0 bridgehead atoms. The highest BCUT2D eigenvalue weighted by atomic mass is 16.3. The van der Waals surface area contributed by atoms with Crippen molar-refractivity contribution in [3.05, 3.63) is 0 Å². The molecular weight excluding hydrogens is 544 g/mol. The Morgan fingerprint density at radius 2 is 0.356 bits per heavy atom. The highest BCUT2D eigenvalue weighted by Crippen LogP contribution is 2.18. The lowest BCUT2D eigenvalue weighted by molar-refractivity contribution is 0.147. The largest absolute Gasteiger partial charge is 0.393 e. The molecule has 1 atom stereocenters. The number of hydrogen-bond donors (Lipinski definition) is 1. The zero-order chi connectivity index (χ0) is 32.6. The molecule has 0 saturated heterocycles. The van der Waals surface area contributed by atoms with Crippen LogP contribution in [0.4, 0.5) is 0 Å². The van der Waals surface area contributed by atoms with Crippen LogP contribution >= 0.6 is 0 Å². The third kappa shape index (κ3) is 41.9. The molecule has 0 aliphatic heterocycles. The monoisotopic (exact) mass is 635 g/mol. The molecule has 0 saturated carbocycles. The van der Waals surface area contributed by atoms with Gasteiger partial charge in [-0.25, -0.2) is 0 Å². The molecule has 0 aromatic carbocycles. The summed E-state index contributed by atoms with van der Waals surface area (Å²) in [6.45, 7) is 4.61. The summed E-state index contributed by atoms with van der Waals surface area (Å²) in [5.41, 5.74) is 0. The Balaban J connectivity index is 3.13. The van der Waals surface area contributed by atoms with Crippen molar-refractivity contribution in [3.8, 4) is 0 Å². The Hall–Kier alpha value is -0.0400. The second-order valence-corrected chi connectivity index (χ2v) is 15.3. The van der Waals surface area contributed by atoms with Crippen molar-refractivity contribution in [2.24, 2.45) is 0 Å². The average molecular weight is 635 g/mol. The van der Waals surface area contributed by atoms with Gasteiger partial charge in [0.05, 0.1) is 6.10 Å². The number of hydrogen-bond acceptors (Lipinski definition) is 1. The van der Waals surface area contributed by atoms with E-state index in [0.717, 1.165) is 12.8 Å². The highest BCUT2D eigenvalue weighted by Gasteiger charge is 2.04. The molecule has 272 valence electrons. The van der Waals surface area contributed by atoms with Gasteiger partial charge < -0.3 is 5.11 Å². The van der Waals surface area contributed by atoms with Gasteiger partial charge in [0.1, 0.15) is 0 Å². The lowest BCUT2D eigenvalue weighted by atomic mass is 10.0. The lowest BCUT2D eigenvalue weighted by Gasteiger charge is -2.10. The fraction of sp³-hybridized carbons (Fsp3) is 1.00. The topological polar surface area (TPSA) is 20.2 Å². The normalized spacial score (nSPS) is 12.3. The molecule has 1 nitrogen and oxygen atoms in total. The predicted molar refractivity (Wildman–Crippen MR) is 207 cm³/mol. The van der Waals surface area contributed by atoms with E-state index < -0.39 is 0 Å². The van der Waals surface area contributed by atoms with E-state index in [9.17, 15) is 5.11 Å². The fourth-order valence-electron chi connectivity index (χ4n) is 7.24. The predicted octanol–water partition coefficient (Wildman–Crippen LogP) is 16.4. The Labute approximate surface area is 287 Å². The SMILES string of the molecule is CCCCCCCCCCCCCCCCCCCCCCCCCC(O)CCCCCCCCCCCCCCCCCC. The molecule has 0 aromatic heterocycles. The molecule has 1 heteroatoms. The zero-order valence-electron chi connectivity index (χ0n) is 32.0. The summed E-state index contributed by atoms with van der Waals surface area (Å²) in [5.74, 6) is 0. The zero-order valence-corrected chi connectivity index (χ0v) is 32.0. The molecule has 0 aliphatic carbocycles. The van der Waals surface area contributed by atoms with Gasteiger partial charge in [-0.3, -0.25) is 0 Å². The maximum Gasteiger partial charge on any atom is 0.0540 e. The van der Waals surface area contributed by atoms with Crippen LogP contribution in [0.5, 0.6) is 0 Å². The number of unbranched alkanes of at least 4 members (excludes halogenated alkanes) is 37. The van der Waals surface area contributed by atoms with Gasteiger partial charge in [0.2, 0.25) is 0 Å². The van der Waals surface area contributed by atoms with Crippen molar-refractivity contribution in [2.45, 2.75) is 283 Å². The molecule has 0 radical (unpaired) electrons. The summed E-state index contributed by atoms with van der Waals surface area (Å²) in [4.78, 5) is 0. The first kappa shape index (κ1) is 45.0. The lowest BCUT2D eigenvalue weighted by Crippen LogP contribution is -2.05. The molecule has 0 aromatic rings. The number of rotatable bonds is 41. The average Bonchev–Trinajstić information content (AvgIpc) is 3.05. The van der Waals surface area contributed by atoms with Crippen molar-refractivity contribution in [1.29, 1.82) is 0 Å². The van der Waals surface area contributed by atoms with Gasteiger partial charge in [-0.15, -0.1) is 0 Å². The van der Waals surface area contributed by atoms with Crippen LogP contribution in [-0.4, -0.2) is 11.2 Å². The van der Waals surface area contributed by atoms with Gasteiger partial charge >= 0.3 is 0 Å². The van der Waals surface area contributed by atoms with E-state index in [4.69, 9.17) is 0 Å². The van der Waals surface area contributed by atoms with Gasteiger partial charge in [-0.05, 0) is 12.8 Å². The van der Waals surface area contributed by atoms with E-state index in [2.05, 4.69) is 13.8 Å². The van der Waals surface area contributed by atoms with Crippen LogP contribution in [0.25, 0.3) is 0 Å². The van der Waals surface area contributed by atoms with E-state index in [1.54, 1.807) is 0 Å². The molecule has 0 spiro atoms. The minimum atomic E-state index is -0.0356. The first-order valence-electron chi connectivity index (χ1n) is 22.0. The second kappa shape index (κ2) is 42.0. The van der Waals surface area contributed by atoms with Crippen LogP contribution in [0.1, 0.15) is 277 Å². The summed E-state index contributed by atoms with van der Waals surface area (Å²) in [7, 11) is 0. The quantitative estimate of drug-likeness (QED) is 0.0663. The van der Waals surface area contributed by atoms with E-state index in [1.165, 1.54) is 250 Å². The third-order valence-electron chi connectivity index (χ3n) is 10.5. The van der Waals surface area contributed by atoms with Crippen LogP contribution in [0.15, 0.2) is 0 Å². The summed E-state index contributed by atoms with van der Waals surface area (Å²) < 4.78 is 0. The number of aliphatic hydroxyl groups excluding tert-OH is 1. The minimum absolute atomic E-state index is 0.0356. The van der Waals surface area contributed by atoms with Gasteiger partial charge in [0.25, 0.3) is 0 Å². The Morgan fingerprint density at radius 3 is 0.511 bits per heavy atom. The molecule has 0 heterocycles. The molecule has 45 heavy (non-hydrogen) atoms. The summed E-state index contributed by atoms with van der Waals surface area (Å²) in [5, 5.41) is 10.3. The fourth-order valence-corrected chi connectivity index (χ4v) is 7.24. The van der Waals surface area contributed by atoms with Gasteiger partial charge in [0.15, 0.2) is 0 Å². The Bertz CT molecular complexity index is 487. The minimum Gasteiger partial charge on any atom is -0.393 e. The van der Waals surface area contributed by atoms with Gasteiger partial charge in [-0.1, -0.05) is 264 Å². The molecule has 0 aliphatic rings. The maximum absolute atomic E-state index is 10.3. The van der Waals surface area contributed by atoms with Crippen LogP contribution in [0, 0.1) is 0 Å². The van der Waals surface area contributed by atoms with Crippen molar-refractivity contribution in [3.63, 3.8) is 0 Å². The Morgan fingerprint density at radius 1 is 0.222 bits per heavy atom. The first-order valence-corrected chi connectivity index (χ1v) is 22.0. The van der Waals surface area contributed by atoms with Crippen molar-refractivity contribution in [2.75, 3.05) is 0 Å². The van der Waals surface area contributed by atoms with Crippen molar-refractivity contribution >= 4 is 0 Å². The second-order valence-electron chi connectivity index (χ2n) is 15.3. The maximum atomic E-state index is 10.3. The third-order valence-corrected chi connectivity index (χ3v) is 10.5. The molecule has 0 amide bonds. The van der Waals surface area contributed by atoms with Gasteiger partial charge in [0, 0.05) is 0 Å². The highest BCUT2D eigenvalue weighted by molar-refractivity contribution is 4.58. The molecule has 1 N–H and O–H groups in total. The van der Waals surface area contributed by atoms with E-state index >= 15 is 0 Å².